The number of fused-ring (bicyclic) bond motifs is 1. The first-order valence-electron chi connectivity index (χ1n) is 5.78. The molecule has 0 unspecified atom stereocenters. The highest BCUT2D eigenvalue weighted by molar-refractivity contribution is 7.93. The largest absolute Gasteiger partial charge is 0.469 e. The summed E-state index contributed by atoms with van der Waals surface area (Å²) in [7, 11) is -3.46. The maximum atomic E-state index is 12.0. The quantitative estimate of drug-likeness (QED) is 0.749. The molecule has 3 rings (SSSR count). The zero-order valence-corrected chi connectivity index (χ0v) is 10.4. The number of sulfone groups is 1. The first kappa shape index (κ1) is 11.6. The van der Waals surface area contributed by atoms with Crippen LogP contribution in [0.25, 0.3) is 0 Å². The summed E-state index contributed by atoms with van der Waals surface area (Å²) in [6.45, 7) is 0. The van der Waals surface area contributed by atoms with E-state index in [1.54, 1.807) is 12.1 Å². The predicted molar refractivity (Wildman–Crippen MR) is 61.8 cm³/mol. The molecule has 0 radical (unpaired) electrons. The Balaban J connectivity index is 2.08. The van der Waals surface area contributed by atoms with Crippen molar-refractivity contribution in [3.63, 3.8) is 0 Å². The minimum atomic E-state index is -3.46. The molecule has 1 aromatic rings. The Morgan fingerprint density at radius 2 is 1.89 bits per heavy atom. The van der Waals surface area contributed by atoms with Crippen molar-refractivity contribution in [1.82, 2.24) is 0 Å². The lowest BCUT2D eigenvalue weighted by Crippen LogP contribution is -2.38. The highest BCUT2D eigenvalue weighted by Gasteiger charge is 2.54. The van der Waals surface area contributed by atoms with Crippen molar-refractivity contribution in [2.45, 2.75) is 24.0 Å². The van der Waals surface area contributed by atoms with Gasteiger partial charge in [0.25, 0.3) is 0 Å². The van der Waals surface area contributed by atoms with Crippen LogP contribution in [0.3, 0.4) is 0 Å². The second-order valence-electron chi connectivity index (χ2n) is 4.91. The van der Waals surface area contributed by atoms with E-state index in [9.17, 15) is 18.0 Å². The standard InChI is InChI=1S/C12H12O5S/c13-7-4-8-10(14)6-18(15,16)12(8)9(5-7)11-2-1-3-17-11/h1-3,8-9,12H,4-6H2/t8-,9+,12-/m1/s1. The first-order chi connectivity index (χ1) is 8.49. The molecule has 2 fully saturated rings. The zero-order chi connectivity index (χ0) is 12.9. The summed E-state index contributed by atoms with van der Waals surface area (Å²) in [5.74, 6) is -1.54. The molecule has 18 heavy (non-hydrogen) atoms. The maximum absolute atomic E-state index is 12.0. The van der Waals surface area contributed by atoms with E-state index in [2.05, 4.69) is 0 Å². The van der Waals surface area contributed by atoms with E-state index in [1.165, 1.54) is 6.26 Å². The zero-order valence-electron chi connectivity index (χ0n) is 9.53. The normalized spacial score (nSPS) is 34.6. The lowest BCUT2D eigenvalue weighted by Gasteiger charge is -2.29. The average molecular weight is 268 g/mol. The summed E-state index contributed by atoms with van der Waals surface area (Å²) < 4.78 is 29.3. The number of hydrogen-bond donors (Lipinski definition) is 0. The molecule has 1 aliphatic carbocycles. The average Bonchev–Trinajstić information content (AvgIpc) is 2.86. The molecule has 1 aliphatic heterocycles. The summed E-state index contributed by atoms with van der Waals surface area (Å²) in [6, 6.07) is 3.32. The van der Waals surface area contributed by atoms with Gasteiger partial charge in [-0.15, -0.1) is 0 Å². The van der Waals surface area contributed by atoms with Gasteiger partial charge in [-0.3, -0.25) is 9.59 Å². The van der Waals surface area contributed by atoms with Crippen LogP contribution in [-0.2, 0) is 19.4 Å². The van der Waals surface area contributed by atoms with E-state index < -0.39 is 32.7 Å². The van der Waals surface area contributed by atoms with Gasteiger partial charge >= 0.3 is 0 Å². The lowest BCUT2D eigenvalue weighted by atomic mass is 9.77. The minimum Gasteiger partial charge on any atom is -0.469 e. The molecule has 2 aliphatic rings. The molecule has 0 bridgehead atoms. The first-order valence-corrected chi connectivity index (χ1v) is 7.50. The third-order valence-corrected chi connectivity index (χ3v) is 5.94. The van der Waals surface area contributed by atoms with Gasteiger partial charge in [-0.1, -0.05) is 0 Å². The van der Waals surface area contributed by atoms with E-state index in [-0.39, 0.29) is 24.4 Å². The van der Waals surface area contributed by atoms with Crippen LogP contribution in [0.5, 0.6) is 0 Å². The smallest absolute Gasteiger partial charge is 0.161 e. The van der Waals surface area contributed by atoms with E-state index in [4.69, 9.17) is 4.42 Å². The van der Waals surface area contributed by atoms with Crippen LogP contribution in [0, 0.1) is 5.92 Å². The molecule has 1 aromatic heterocycles. The van der Waals surface area contributed by atoms with Gasteiger partial charge in [-0.05, 0) is 12.1 Å². The fourth-order valence-electron chi connectivity index (χ4n) is 3.05. The van der Waals surface area contributed by atoms with Crippen molar-refractivity contribution in [3.05, 3.63) is 24.2 Å². The number of carbonyl (C=O) groups excluding carboxylic acids is 2. The van der Waals surface area contributed by atoms with Crippen molar-refractivity contribution in [2.75, 3.05) is 5.75 Å². The Kier molecular flexibility index (Phi) is 2.45. The van der Waals surface area contributed by atoms with Crippen LogP contribution < -0.4 is 0 Å². The van der Waals surface area contributed by atoms with Crippen molar-refractivity contribution in [2.24, 2.45) is 5.92 Å². The Hall–Kier alpha value is -1.43. The monoisotopic (exact) mass is 268 g/mol. The number of furan rings is 1. The molecular weight excluding hydrogens is 256 g/mol. The Bertz CT molecular complexity index is 598. The number of carbonyl (C=O) groups is 2. The molecule has 1 saturated carbocycles. The van der Waals surface area contributed by atoms with Gasteiger partial charge in [0.1, 0.15) is 17.3 Å². The van der Waals surface area contributed by atoms with Gasteiger partial charge in [0, 0.05) is 24.7 Å². The number of ketones is 2. The van der Waals surface area contributed by atoms with E-state index in [1.807, 2.05) is 0 Å². The molecule has 6 heteroatoms. The van der Waals surface area contributed by atoms with Gasteiger partial charge in [-0.2, -0.15) is 0 Å². The molecule has 0 N–H and O–H groups in total. The van der Waals surface area contributed by atoms with Crippen molar-refractivity contribution >= 4 is 21.4 Å². The molecule has 96 valence electrons. The van der Waals surface area contributed by atoms with Gasteiger partial charge in [0.2, 0.25) is 0 Å². The van der Waals surface area contributed by atoms with Crippen LogP contribution in [0.1, 0.15) is 24.5 Å². The molecule has 3 atom stereocenters. The van der Waals surface area contributed by atoms with E-state index >= 15 is 0 Å². The molecule has 0 amide bonds. The van der Waals surface area contributed by atoms with Crippen LogP contribution in [0.2, 0.25) is 0 Å². The van der Waals surface area contributed by atoms with Crippen LogP contribution >= 0.6 is 0 Å². The fraction of sp³-hybridized carbons (Fsp3) is 0.500. The third-order valence-electron chi connectivity index (χ3n) is 3.77. The highest BCUT2D eigenvalue weighted by Crippen LogP contribution is 2.43. The van der Waals surface area contributed by atoms with Crippen molar-refractivity contribution < 1.29 is 22.4 Å². The molecule has 1 saturated heterocycles. The van der Waals surface area contributed by atoms with Gasteiger partial charge in [0.15, 0.2) is 15.6 Å². The number of hydrogen-bond acceptors (Lipinski definition) is 5. The van der Waals surface area contributed by atoms with Crippen molar-refractivity contribution in [3.8, 4) is 0 Å². The highest BCUT2D eigenvalue weighted by atomic mass is 32.2. The Labute approximate surface area is 104 Å². The summed E-state index contributed by atoms with van der Waals surface area (Å²) in [4.78, 5) is 23.4. The van der Waals surface area contributed by atoms with Gasteiger partial charge < -0.3 is 4.42 Å². The lowest BCUT2D eigenvalue weighted by molar-refractivity contribution is -0.128. The molecule has 2 heterocycles. The molecule has 0 spiro atoms. The summed E-state index contributed by atoms with van der Waals surface area (Å²) in [6.07, 6.45) is 1.65. The van der Waals surface area contributed by atoms with Gasteiger partial charge in [0.05, 0.1) is 11.5 Å². The van der Waals surface area contributed by atoms with Crippen LogP contribution in [0.4, 0.5) is 0 Å². The summed E-state index contributed by atoms with van der Waals surface area (Å²) in [5.41, 5.74) is 0. The van der Waals surface area contributed by atoms with E-state index in [0.29, 0.717) is 5.76 Å². The third kappa shape index (κ3) is 1.63. The molecule has 5 nitrogen and oxygen atoms in total. The van der Waals surface area contributed by atoms with Crippen LogP contribution in [-0.4, -0.2) is 31.0 Å². The second-order valence-corrected chi connectivity index (χ2v) is 7.07. The fourth-order valence-corrected chi connectivity index (χ4v) is 5.33. The number of rotatable bonds is 1. The predicted octanol–water partition coefficient (Wildman–Crippen LogP) is 0.708. The minimum absolute atomic E-state index is 0.0555. The number of Topliss-reactive ketones (excluding diaryl/α,β-unsaturated/α-hetero) is 2. The van der Waals surface area contributed by atoms with Crippen molar-refractivity contribution in [1.29, 1.82) is 0 Å². The van der Waals surface area contributed by atoms with Crippen LogP contribution in [0.15, 0.2) is 22.8 Å². The Morgan fingerprint density at radius 1 is 1.17 bits per heavy atom. The maximum Gasteiger partial charge on any atom is 0.161 e. The van der Waals surface area contributed by atoms with E-state index in [0.717, 1.165) is 0 Å². The topological polar surface area (TPSA) is 81.4 Å². The van der Waals surface area contributed by atoms with Gasteiger partial charge in [-0.25, -0.2) is 8.42 Å². The SMILES string of the molecule is O=C1C[C@@H]2C(=O)CS(=O)(=O)[C@H]2[C@H](c2ccco2)C1. The molecule has 0 aromatic carbocycles. The Morgan fingerprint density at radius 3 is 2.56 bits per heavy atom. The summed E-state index contributed by atoms with van der Waals surface area (Å²) in [5, 5.41) is -0.783. The second kappa shape index (κ2) is 3.78. The summed E-state index contributed by atoms with van der Waals surface area (Å²) >= 11 is 0. The molecular formula is C12H12O5S.